The molecular weight excluding hydrogens is 465 g/mol. The molecule has 11 heteroatoms. The van der Waals surface area contributed by atoms with Crippen molar-refractivity contribution in [2.24, 2.45) is 7.05 Å². The average Bonchev–Trinajstić information content (AvgIpc) is 2.82. The number of nitrogens with one attached hydrogen (secondary N) is 1. The number of pyridine rings is 1. The topological polar surface area (TPSA) is 106 Å². The van der Waals surface area contributed by atoms with Crippen LogP contribution in [0.4, 0.5) is 10.1 Å². The molecule has 0 saturated carbocycles. The summed E-state index contributed by atoms with van der Waals surface area (Å²) in [5, 5.41) is 2.30. The van der Waals surface area contributed by atoms with Gasteiger partial charge in [-0.1, -0.05) is 11.6 Å². The number of amides is 2. The Balaban J connectivity index is 1.77. The summed E-state index contributed by atoms with van der Waals surface area (Å²) in [4.78, 5) is 58.2. The Bertz CT molecular complexity index is 1430. The number of halogens is 2. The number of carbonyl (C=O) groups excluding carboxylic acids is 2. The normalized spacial score (nSPS) is 13.8. The molecule has 3 aromatic rings. The summed E-state index contributed by atoms with van der Waals surface area (Å²) in [6, 6.07) is 5.16. The number of aryl methyl sites for hydroxylation is 2. The SMILES string of the molecule is Cc1cc(C(=O)N2CCCCC2)c2c(=O)n(CC(=O)Nc3ccc(F)c(Cl)c3)c(=O)n(C)c2n1. The van der Waals surface area contributed by atoms with Crippen molar-refractivity contribution in [1.82, 2.24) is 19.0 Å². The largest absolute Gasteiger partial charge is 0.339 e. The van der Waals surface area contributed by atoms with Gasteiger partial charge < -0.3 is 10.2 Å². The fourth-order valence-electron chi connectivity index (χ4n) is 4.10. The number of aromatic nitrogens is 3. The standard InChI is InChI=1S/C23H23ClFN5O4/c1-13-10-15(21(32)29-8-4-3-5-9-29)19-20(26-13)28(2)23(34)30(22(19)33)12-18(31)27-14-6-7-17(25)16(24)11-14/h6-7,10-11H,3-5,8-9,12H2,1-2H3,(H,27,31). The van der Waals surface area contributed by atoms with Crippen molar-refractivity contribution in [2.75, 3.05) is 18.4 Å². The number of nitrogens with zero attached hydrogens (tertiary/aromatic N) is 4. The zero-order valence-electron chi connectivity index (χ0n) is 18.7. The van der Waals surface area contributed by atoms with E-state index in [1.54, 1.807) is 11.8 Å². The van der Waals surface area contributed by atoms with E-state index in [2.05, 4.69) is 10.3 Å². The Morgan fingerprint density at radius 2 is 1.85 bits per heavy atom. The Kier molecular flexibility index (Phi) is 6.52. The number of piperidine rings is 1. The van der Waals surface area contributed by atoms with Gasteiger partial charge in [0, 0.05) is 31.5 Å². The molecule has 4 rings (SSSR count). The van der Waals surface area contributed by atoms with Gasteiger partial charge in [0.2, 0.25) is 5.91 Å². The number of carbonyl (C=O) groups is 2. The molecule has 1 fully saturated rings. The van der Waals surface area contributed by atoms with Crippen molar-refractivity contribution in [3.63, 3.8) is 0 Å². The third kappa shape index (κ3) is 4.45. The Labute approximate surface area is 198 Å². The van der Waals surface area contributed by atoms with Crippen molar-refractivity contribution < 1.29 is 14.0 Å². The van der Waals surface area contributed by atoms with Crippen LogP contribution < -0.4 is 16.6 Å². The first-order valence-electron chi connectivity index (χ1n) is 10.8. The van der Waals surface area contributed by atoms with Crippen molar-refractivity contribution in [1.29, 1.82) is 0 Å². The van der Waals surface area contributed by atoms with Gasteiger partial charge in [-0.15, -0.1) is 0 Å². The van der Waals surface area contributed by atoms with E-state index in [9.17, 15) is 23.6 Å². The first kappa shape index (κ1) is 23.6. The average molecular weight is 488 g/mol. The maximum Gasteiger partial charge on any atom is 0.332 e. The third-order valence-corrected chi connectivity index (χ3v) is 6.09. The first-order chi connectivity index (χ1) is 16.2. The summed E-state index contributed by atoms with van der Waals surface area (Å²) in [7, 11) is 1.43. The molecule has 0 spiro atoms. The van der Waals surface area contributed by atoms with Gasteiger partial charge in [-0.2, -0.15) is 0 Å². The lowest BCUT2D eigenvalue weighted by molar-refractivity contribution is -0.116. The van der Waals surface area contributed by atoms with Gasteiger partial charge in [0.05, 0.1) is 16.0 Å². The van der Waals surface area contributed by atoms with Crippen LogP contribution in [0, 0.1) is 12.7 Å². The van der Waals surface area contributed by atoms with Gasteiger partial charge in [0.1, 0.15) is 18.0 Å². The summed E-state index contributed by atoms with van der Waals surface area (Å²) in [6.45, 7) is 2.25. The van der Waals surface area contributed by atoms with E-state index >= 15 is 0 Å². The summed E-state index contributed by atoms with van der Waals surface area (Å²) < 4.78 is 15.3. The van der Waals surface area contributed by atoms with Gasteiger partial charge in [-0.3, -0.25) is 23.5 Å². The second-order valence-electron chi connectivity index (χ2n) is 8.27. The van der Waals surface area contributed by atoms with E-state index in [0.717, 1.165) is 34.5 Å². The van der Waals surface area contributed by atoms with E-state index in [0.29, 0.717) is 18.8 Å². The van der Waals surface area contributed by atoms with Gasteiger partial charge in [0.15, 0.2) is 0 Å². The fourth-order valence-corrected chi connectivity index (χ4v) is 4.28. The number of hydrogen-bond acceptors (Lipinski definition) is 5. The summed E-state index contributed by atoms with van der Waals surface area (Å²) >= 11 is 5.74. The van der Waals surface area contributed by atoms with Crippen LogP contribution >= 0.6 is 11.6 Å². The van der Waals surface area contributed by atoms with Crippen molar-refractivity contribution >= 4 is 40.1 Å². The molecule has 1 N–H and O–H groups in total. The van der Waals surface area contributed by atoms with Crippen molar-refractivity contribution in [3.05, 3.63) is 67.2 Å². The van der Waals surface area contributed by atoms with E-state index in [1.165, 1.54) is 25.2 Å². The third-order valence-electron chi connectivity index (χ3n) is 5.80. The van der Waals surface area contributed by atoms with Crippen molar-refractivity contribution in [2.45, 2.75) is 32.7 Å². The lowest BCUT2D eigenvalue weighted by Crippen LogP contribution is -2.43. The summed E-state index contributed by atoms with van der Waals surface area (Å²) in [5.41, 5.74) is -0.592. The molecule has 2 amide bonds. The zero-order valence-corrected chi connectivity index (χ0v) is 19.5. The molecule has 178 valence electrons. The van der Waals surface area contributed by atoms with Crippen LogP contribution in [0.3, 0.4) is 0 Å². The highest BCUT2D eigenvalue weighted by atomic mass is 35.5. The minimum absolute atomic E-state index is 0.0131. The van der Waals surface area contributed by atoms with Crippen LogP contribution in [0.5, 0.6) is 0 Å². The maximum atomic E-state index is 13.4. The van der Waals surface area contributed by atoms with Gasteiger partial charge in [0.25, 0.3) is 11.5 Å². The maximum absolute atomic E-state index is 13.4. The first-order valence-corrected chi connectivity index (χ1v) is 11.2. The van der Waals surface area contributed by atoms with Crippen LogP contribution in [0.15, 0.2) is 33.9 Å². The molecule has 0 aliphatic carbocycles. The summed E-state index contributed by atoms with van der Waals surface area (Å²) in [6.07, 6.45) is 2.80. The van der Waals surface area contributed by atoms with E-state index in [-0.39, 0.29) is 33.2 Å². The lowest BCUT2D eigenvalue weighted by atomic mass is 10.1. The Morgan fingerprint density at radius 3 is 2.53 bits per heavy atom. The number of likely N-dealkylation sites (tertiary alicyclic amines) is 1. The molecule has 0 unspecified atom stereocenters. The molecule has 1 aliphatic heterocycles. The molecule has 9 nitrogen and oxygen atoms in total. The Morgan fingerprint density at radius 1 is 1.15 bits per heavy atom. The number of anilines is 1. The van der Waals surface area contributed by atoms with Crippen LogP contribution in [0.1, 0.15) is 35.3 Å². The molecule has 1 aromatic carbocycles. The molecular formula is C23H23ClFN5O4. The van der Waals surface area contributed by atoms with Crippen LogP contribution in [0.25, 0.3) is 11.0 Å². The van der Waals surface area contributed by atoms with E-state index in [1.807, 2.05) is 0 Å². The van der Waals surface area contributed by atoms with Gasteiger partial charge in [-0.05, 0) is 50.5 Å². The predicted molar refractivity (Wildman–Crippen MR) is 126 cm³/mol. The molecule has 2 aromatic heterocycles. The monoisotopic (exact) mass is 487 g/mol. The molecule has 0 atom stereocenters. The van der Waals surface area contributed by atoms with Crippen LogP contribution in [0.2, 0.25) is 5.02 Å². The number of rotatable bonds is 4. The molecule has 3 heterocycles. The Hall–Kier alpha value is -3.53. The number of fused-ring (bicyclic) bond motifs is 1. The highest BCUT2D eigenvalue weighted by Crippen LogP contribution is 2.20. The lowest BCUT2D eigenvalue weighted by Gasteiger charge is -2.27. The zero-order chi connectivity index (χ0) is 24.6. The highest BCUT2D eigenvalue weighted by Gasteiger charge is 2.25. The van der Waals surface area contributed by atoms with Crippen LogP contribution in [-0.4, -0.2) is 43.9 Å². The molecule has 0 radical (unpaired) electrons. The molecule has 1 saturated heterocycles. The van der Waals surface area contributed by atoms with E-state index in [4.69, 9.17) is 11.6 Å². The van der Waals surface area contributed by atoms with E-state index < -0.39 is 29.5 Å². The number of benzene rings is 1. The van der Waals surface area contributed by atoms with Crippen LogP contribution in [-0.2, 0) is 18.4 Å². The quantitative estimate of drug-likeness (QED) is 0.608. The minimum atomic E-state index is -0.779. The minimum Gasteiger partial charge on any atom is -0.339 e. The highest BCUT2D eigenvalue weighted by molar-refractivity contribution is 6.31. The van der Waals surface area contributed by atoms with Gasteiger partial charge in [-0.25, -0.2) is 14.2 Å². The predicted octanol–water partition coefficient (Wildman–Crippen LogP) is 2.46. The molecule has 34 heavy (non-hydrogen) atoms. The van der Waals surface area contributed by atoms with Gasteiger partial charge >= 0.3 is 5.69 Å². The smallest absolute Gasteiger partial charge is 0.332 e. The number of hydrogen-bond donors (Lipinski definition) is 1. The molecule has 0 bridgehead atoms. The fraction of sp³-hybridized carbons (Fsp3) is 0.348. The second-order valence-corrected chi connectivity index (χ2v) is 8.68. The molecule has 1 aliphatic rings. The van der Waals surface area contributed by atoms with Crippen molar-refractivity contribution in [3.8, 4) is 0 Å². The second kappa shape index (κ2) is 9.38. The summed E-state index contributed by atoms with van der Waals surface area (Å²) in [5.74, 6) is -1.64.